The lowest BCUT2D eigenvalue weighted by Gasteiger charge is -2.18. The van der Waals surface area contributed by atoms with E-state index < -0.39 is 4.92 Å². The topological polar surface area (TPSA) is 93.5 Å². The van der Waals surface area contributed by atoms with Crippen LogP contribution in [0.25, 0.3) is 0 Å². The van der Waals surface area contributed by atoms with E-state index in [1.807, 2.05) is 6.92 Å². The Morgan fingerprint density at radius 1 is 1.52 bits per heavy atom. The number of non-ortho nitro benzene ring substituents is 1. The van der Waals surface area contributed by atoms with Crippen molar-refractivity contribution in [2.45, 2.75) is 13.0 Å². The van der Waals surface area contributed by atoms with E-state index in [1.54, 1.807) is 0 Å². The molecule has 1 amide bonds. The number of anilines is 1. The lowest BCUT2D eigenvalue weighted by Crippen LogP contribution is -2.41. The average molecular weight is 314 g/mol. The first-order chi connectivity index (χ1) is 10.0. The van der Waals surface area contributed by atoms with Crippen molar-refractivity contribution in [1.29, 1.82) is 0 Å². The molecule has 1 saturated heterocycles. The molecule has 8 heteroatoms. The fraction of sp³-hybridized carbons (Fsp3) is 0.462. The maximum Gasteiger partial charge on any atom is 0.271 e. The zero-order valence-corrected chi connectivity index (χ0v) is 12.2. The Bertz CT molecular complexity index is 552. The van der Waals surface area contributed by atoms with Gasteiger partial charge in [-0.3, -0.25) is 14.9 Å². The summed E-state index contributed by atoms with van der Waals surface area (Å²) in [4.78, 5) is 22.4. The number of hydrogen-bond acceptors (Lipinski definition) is 5. The Kier molecular flexibility index (Phi) is 5.11. The molecule has 2 atom stereocenters. The van der Waals surface area contributed by atoms with E-state index in [0.717, 1.165) is 6.54 Å². The number of rotatable bonds is 5. The number of halogens is 1. The number of ether oxygens (including phenoxy) is 1. The number of carbonyl (C=O) groups is 1. The zero-order chi connectivity index (χ0) is 15.4. The number of hydrogen-bond donors (Lipinski definition) is 2. The van der Waals surface area contributed by atoms with Gasteiger partial charge in [0.05, 0.1) is 34.8 Å². The van der Waals surface area contributed by atoms with Crippen molar-refractivity contribution in [2.75, 3.05) is 25.1 Å². The summed E-state index contributed by atoms with van der Waals surface area (Å²) < 4.78 is 5.32. The minimum Gasteiger partial charge on any atom is -0.379 e. The van der Waals surface area contributed by atoms with Crippen LogP contribution in [-0.2, 0) is 9.53 Å². The normalized spacial score (nSPS) is 21.2. The number of nitro groups is 1. The molecule has 1 aliphatic rings. The number of nitro benzene ring substituents is 1. The fourth-order valence-corrected chi connectivity index (χ4v) is 2.44. The van der Waals surface area contributed by atoms with Gasteiger partial charge in [0, 0.05) is 18.2 Å². The molecule has 7 nitrogen and oxygen atoms in total. The van der Waals surface area contributed by atoms with Crippen molar-refractivity contribution in [3.05, 3.63) is 33.3 Å². The number of nitrogens with one attached hydrogen (secondary N) is 2. The SMILES string of the molecule is CCNC1COCC1C(=O)Nc1ccc([N+](=O)[O-])cc1Cl. The summed E-state index contributed by atoms with van der Waals surface area (Å²) in [6.45, 7) is 3.53. The van der Waals surface area contributed by atoms with Gasteiger partial charge < -0.3 is 15.4 Å². The predicted molar refractivity (Wildman–Crippen MR) is 78.5 cm³/mol. The van der Waals surface area contributed by atoms with E-state index in [4.69, 9.17) is 16.3 Å². The Balaban J connectivity index is 2.07. The van der Waals surface area contributed by atoms with Crippen LogP contribution in [0, 0.1) is 16.0 Å². The third-order valence-electron chi connectivity index (χ3n) is 3.30. The number of likely N-dealkylation sites (N-methyl/N-ethyl adjacent to an activating group) is 1. The molecule has 114 valence electrons. The second-order valence-electron chi connectivity index (χ2n) is 4.72. The molecular formula is C13H16ClN3O4. The summed E-state index contributed by atoms with van der Waals surface area (Å²) in [5.74, 6) is -0.523. The maximum atomic E-state index is 12.2. The highest BCUT2D eigenvalue weighted by atomic mass is 35.5. The molecule has 21 heavy (non-hydrogen) atoms. The zero-order valence-electron chi connectivity index (χ0n) is 11.5. The van der Waals surface area contributed by atoms with Crippen molar-refractivity contribution < 1.29 is 14.5 Å². The number of amides is 1. The number of benzene rings is 1. The van der Waals surface area contributed by atoms with Crippen LogP contribution < -0.4 is 10.6 Å². The quantitative estimate of drug-likeness (QED) is 0.638. The Morgan fingerprint density at radius 3 is 2.90 bits per heavy atom. The van der Waals surface area contributed by atoms with Crippen LogP contribution in [0.3, 0.4) is 0 Å². The highest BCUT2D eigenvalue weighted by molar-refractivity contribution is 6.34. The van der Waals surface area contributed by atoms with Gasteiger partial charge in [0.15, 0.2) is 0 Å². The molecular weight excluding hydrogens is 298 g/mol. The highest BCUT2D eigenvalue weighted by Gasteiger charge is 2.33. The maximum absolute atomic E-state index is 12.2. The van der Waals surface area contributed by atoms with Crippen LogP contribution in [0.4, 0.5) is 11.4 Å². The van der Waals surface area contributed by atoms with Gasteiger partial charge in [-0.05, 0) is 12.6 Å². The molecule has 1 aromatic carbocycles. The smallest absolute Gasteiger partial charge is 0.271 e. The van der Waals surface area contributed by atoms with Crippen LogP contribution in [-0.4, -0.2) is 36.6 Å². The van der Waals surface area contributed by atoms with Crippen molar-refractivity contribution in [3.8, 4) is 0 Å². The molecule has 1 fully saturated rings. The molecule has 1 heterocycles. The highest BCUT2D eigenvalue weighted by Crippen LogP contribution is 2.27. The molecule has 1 aromatic rings. The van der Waals surface area contributed by atoms with Gasteiger partial charge in [0.2, 0.25) is 5.91 Å². The van der Waals surface area contributed by atoms with Crippen molar-refractivity contribution in [1.82, 2.24) is 5.32 Å². The predicted octanol–water partition coefficient (Wildman–Crippen LogP) is 1.81. The van der Waals surface area contributed by atoms with Crippen LogP contribution in [0.2, 0.25) is 5.02 Å². The first-order valence-electron chi connectivity index (χ1n) is 6.59. The van der Waals surface area contributed by atoms with E-state index in [-0.39, 0.29) is 28.6 Å². The second kappa shape index (κ2) is 6.84. The van der Waals surface area contributed by atoms with E-state index in [1.165, 1.54) is 18.2 Å². The molecule has 0 aromatic heterocycles. The van der Waals surface area contributed by atoms with Gasteiger partial charge in [-0.2, -0.15) is 0 Å². The van der Waals surface area contributed by atoms with Gasteiger partial charge in [0.25, 0.3) is 5.69 Å². The Labute approximate surface area is 126 Å². The lowest BCUT2D eigenvalue weighted by molar-refractivity contribution is -0.384. The molecule has 0 saturated carbocycles. The largest absolute Gasteiger partial charge is 0.379 e. The van der Waals surface area contributed by atoms with Crippen molar-refractivity contribution in [2.24, 2.45) is 5.92 Å². The molecule has 0 spiro atoms. The molecule has 2 N–H and O–H groups in total. The summed E-state index contributed by atoms with van der Waals surface area (Å²) in [5, 5.41) is 16.7. The Hall–Kier alpha value is -1.70. The molecule has 0 radical (unpaired) electrons. The minimum absolute atomic E-state index is 0.0353. The van der Waals surface area contributed by atoms with Crippen LogP contribution in [0.1, 0.15) is 6.92 Å². The molecule has 0 aliphatic carbocycles. The first kappa shape index (κ1) is 15.7. The van der Waals surface area contributed by atoms with Crippen LogP contribution >= 0.6 is 11.6 Å². The summed E-state index contributed by atoms with van der Waals surface area (Å²) in [6.07, 6.45) is 0. The summed E-state index contributed by atoms with van der Waals surface area (Å²) in [5.41, 5.74) is 0.238. The lowest BCUT2D eigenvalue weighted by atomic mass is 10.0. The van der Waals surface area contributed by atoms with E-state index in [0.29, 0.717) is 18.9 Å². The van der Waals surface area contributed by atoms with Gasteiger partial charge >= 0.3 is 0 Å². The Morgan fingerprint density at radius 2 is 2.29 bits per heavy atom. The number of nitrogens with zero attached hydrogens (tertiary/aromatic N) is 1. The van der Waals surface area contributed by atoms with Crippen molar-refractivity contribution >= 4 is 28.9 Å². The molecule has 1 aliphatic heterocycles. The van der Waals surface area contributed by atoms with Crippen LogP contribution in [0.15, 0.2) is 18.2 Å². The van der Waals surface area contributed by atoms with Gasteiger partial charge in [0.1, 0.15) is 0 Å². The summed E-state index contributed by atoms with van der Waals surface area (Å²) >= 11 is 5.96. The number of carbonyl (C=O) groups excluding carboxylic acids is 1. The van der Waals surface area contributed by atoms with Crippen LogP contribution in [0.5, 0.6) is 0 Å². The summed E-state index contributed by atoms with van der Waals surface area (Å²) in [6, 6.07) is 3.90. The van der Waals surface area contributed by atoms with Gasteiger partial charge in [-0.15, -0.1) is 0 Å². The minimum atomic E-state index is -0.538. The first-order valence-corrected chi connectivity index (χ1v) is 6.96. The average Bonchev–Trinajstić information content (AvgIpc) is 2.89. The van der Waals surface area contributed by atoms with E-state index in [2.05, 4.69) is 10.6 Å². The van der Waals surface area contributed by atoms with Gasteiger partial charge in [-0.25, -0.2) is 0 Å². The molecule has 0 bridgehead atoms. The summed E-state index contributed by atoms with van der Waals surface area (Å²) in [7, 11) is 0. The van der Waals surface area contributed by atoms with Crippen molar-refractivity contribution in [3.63, 3.8) is 0 Å². The molecule has 2 unspecified atom stereocenters. The second-order valence-corrected chi connectivity index (χ2v) is 5.13. The third-order valence-corrected chi connectivity index (χ3v) is 3.62. The standard InChI is InChI=1S/C13H16ClN3O4/c1-2-15-12-7-21-6-9(12)13(18)16-11-4-3-8(17(19)20)5-10(11)14/h3-5,9,12,15H,2,6-7H2,1H3,(H,16,18). The fourth-order valence-electron chi connectivity index (χ4n) is 2.22. The van der Waals surface area contributed by atoms with E-state index in [9.17, 15) is 14.9 Å². The monoisotopic (exact) mass is 313 g/mol. The third kappa shape index (κ3) is 3.69. The van der Waals surface area contributed by atoms with E-state index >= 15 is 0 Å². The van der Waals surface area contributed by atoms with Gasteiger partial charge in [-0.1, -0.05) is 18.5 Å². The molecule has 2 rings (SSSR count).